The lowest BCUT2D eigenvalue weighted by atomic mass is 10.1. The maximum atomic E-state index is 12.4. The van der Waals surface area contributed by atoms with E-state index in [4.69, 9.17) is 4.74 Å². The van der Waals surface area contributed by atoms with Crippen molar-refractivity contribution in [1.29, 1.82) is 0 Å². The molecule has 2 fully saturated rings. The number of nitrogens with zero attached hydrogens (tertiary/aromatic N) is 1. The van der Waals surface area contributed by atoms with E-state index < -0.39 is 0 Å². The minimum absolute atomic E-state index is 0.00612. The fourth-order valence-corrected chi connectivity index (χ4v) is 4.78. The molecular weight excluding hydrogens is 304 g/mol. The zero-order chi connectivity index (χ0) is 14.7. The summed E-state index contributed by atoms with van der Waals surface area (Å²) in [5.41, 5.74) is 1.18. The Hall–Kier alpha value is -0.720. The molecular formula is C15H22N2O2S2. The van der Waals surface area contributed by atoms with Crippen molar-refractivity contribution in [3.63, 3.8) is 0 Å². The van der Waals surface area contributed by atoms with Crippen LogP contribution in [-0.4, -0.2) is 47.7 Å². The Morgan fingerprint density at radius 1 is 1.52 bits per heavy atom. The average molecular weight is 326 g/mol. The van der Waals surface area contributed by atoms with Gasteiger partial charge in [-0.3, -0.25) is 0 Å². The smallest absolute Gasteiger partial charge is 0.317 e. The molecule has 3 atom stereocenters. The minimum atomic E-state index is 0.00612. The lowest BCUT2D eigenvalue weighted by Crippen LogP contribution is -2.50. The summed E-state index contributed by atoms with van der Waals surface area (Å²) in [6, 6.07) is 2.14. The highest BCUT2D eigenvalue weighted by molar-refractivity contribution is 8.00. The summed E-state index contributed by atoms with van der Waals surface area (Å²) in [4.78, 5) is 14.3. The fourth-order valence-electron chi connectivity index (χ4n) is 2.88. The molecule has 1 aromatic rings. The van der Waals surface area contributed by atoms with Crippen molar-refractivity contribution in [2.45, 2.75) is 37.2 Å². The molecule has 0 unspecified atom stereocenters. The number of nitrogens with one attached hydrogen (secondary N) is 1. The molecule has 0 bridgehead atoms. The quantitative estimate of drug-likeness (QED) is 0.928. The molecule has 0 aromatic carbocycles. The summed E-state index contributed by atoms with van der Waals surface area (Å²) < 4.78 is 5.97. The summed E-state index contributed by atoms with van der Waals surface area (Å²) >= 11 is 3.64. The number of thioether (sulfide) groups is 1. The summed E-state index contributed by atoms with van der Waals surface area (Å²) in [5.74, 6) is 1.23. The fraction of sp³-hybridized carbons (Fsp3) is 0.667. The van der Waals surface area contributed by atoms with Crippen LogP contribution in [0, 0.1) is 0 Å². The van der Waals surface area contributed by atoms with Crippen LogP contribution in [0.25, 0.3) is 0 Å². The lowest BCUT2D eigenvalue weighted by molar-refractivity contribution is -0.0654. The van der Waals surface area contributed by atoms with Gasteiger partial charge in [0.15, 0.2) is 0 Å². The van der Waals surface area contributed by atoms with E-state index >= 15 is 0 Å². The first-order valence-electron chi connectivity index (χ1n) is 7.54. The molecule has 0 saturated carbocycles. The zero-order valence-electron chi connectivity index (χ0n) is 12.3. The first kappa shape index (κ1) is 15.2. The Morgan fingerprint density at radius 3 is 3.14 bits per heavy atom. The van der Waals surface area contributed by atoms with Gasteiger partial charge in [0, 0.05) is 18.3 Å². The van der Waals surface area contributed by atoms with E-state index in [1.165, 1.54) is 24.2 Å². The van der Waals surface area contributed by atoms with Gasteiger partial charge < -0.3 is 15.0 Å². The Morgan fingerprint density at radius 2 is 2.43 bits per heavy atom. The van der Waals surface area contributed by atoms with E-state index in [0.717, 1.165) is 6.54 Å². The summed E-state index contributed by atoms with van der Waals surface area (Å²) in [6.07, 6.45) is 2.59. The van der Waals surface area contributed by atoms with Gasteiger partial charge in [0.2, 0.25) is 0 Å². The van der Waals surface area contributed by atoms with E-state index in [1.54, 1.807) is 11.3 Å². The van der Waals surface area contributed by atoms with Crippen molar-refractivity contribution >= 4 is 29.1 Å². The van der Waals surface area contributed by atoms with Crippen LogP contribution in [0.3, 0.4) is 0 Å². The van der Waals surface area contributed by atoms with Crippen LogP contribution < -0.4 is 5.32 Å². The van der Waals surface area contributed by atoms with E-state index in [-0.39, 0.29) is 18.2 Å². The number of rotatable bonds is 3. The number of amides is 2. The van der Waals surface area contributed by atoms with Crippen LogP contribution in [0.4, 0.5) is 4.79 Å². The van der Waals surface area contributed by atoms with Crippen LogP contribution in [0.2, 0.25) is 0 Å². The highest BCUT2D eigenvalue weighted by Crippen LogP contribution is 2.27. The predicted octanol–water partition coefficient (Wildman–Crippen LogP) is 3.12. The molecule has 1 N–H and O–H groups in total. The predicted molar refractivity (Wildman–Crippen MR) is 88.1 cm³/mol. The summed E-state index contributed by atoms with van der Waals surface area (Å²) in [7, 11) is 0. The molecule has 6 heteroatoms. The zero-order valence-corrected chi connectivity index (χ0v) is 13.9. The first-order chi connectivity index (χ1) is 10.2. The molecule has 21 heavy (non-hydrogen) atoms. The maximum absolute atomic E-state index is 12.4. The number of morpholine rings is 1. The number of carbonyl (C=O) groups excluding carboxylic acids is 1. The van der Waals surface area contributed by atoms with Gasteiger partial charge in [0.05, 0.1) is 12.6 Å². The summed E-state index contributed by atoms with van der Waals surface area (Å²) in [6.45, 7) is 4.14. The molecule has 0 aliphatic carbocycles. The minimum Gasteiger partial charge on any atom is -0.367 e. The normalized spacial score (nSPS) is 29.6. The molecule has 2 amide bonds. The highest BCUT2D eigenvalue weighted by atomic mass is 32.2. The van der Waals surface area contributed by atoms with Gasteiger partial charge in [-0.25, -0.2) is 4.79 Å². The van der Waals surface area contributed by atoms with Gasteiger partial charge in [-0.05, 0) is 47.9 Å². The monoisotopic (exact) mass is 326 g/mol. The average Bonchev–Trinajstić information content (AvgIpc) is 3.17. The highest BCUT2D eigenvalue weighted by Gasteiger charge is 2.30. The molecule has 116 valence electrons. The third kappa shape index (κ3) is 3.93. The van der Waals surface area contributed by atoms with Crippen LogP contribution >= 0.6 is 23.1 Å². The molecule has 2 aliphatic heterocycles. The molecule has 0 radical (unpaired) electrons. The van der Waals surface area contributed by atoms with Crippen molar-refractivity contribution < 1.29 is 9.53 Å². The molecule has 3 heterocycles. The Balaban J connectivity index is 1.54. The maximum Gasteiger partial charge on any atom is 0.317 e. The third-order valence-electron chi connectivity index (χ3n) is 3.97. The largest absolute Gasteiger partial charge is 0.367 e. The van der Waals surface area contributed by atoms with Gasteiger partial charge in [-0.2, -0.15) is 23.1 Å². The summed E-state index contributed by atoms with van der Waals surface area (Å²) in [5, 5.41) is 7.85. The second-order valence-electron chi connectivity index (χ2n) is 5.72. The molecule has 2 saturated heterocycles. The number of carbonyl (C=O) groups is 1. The van der Waals surface area contributed by atoms with E-state index in [0.29, 0.717) is 18.3 Å². The van der Waals surface area contributed by atoms with Gasteiger partial charge in [0.25, 0.3) is 0 Å². The van der Waals surface area contributed by atoms with E-state index in [2.05, 4.69) is 22.1 Å². The number of hydrogen-bond donors (Lipinski definition) is 1. The molecule has 4 nitrogen and oxygen atoms in total. The van der Waals surface area contributed by atoms with Crippen LogP contribution in [0.1, 0.15) is 31.4 Å². The van der Waals surface area contributed by atoms with Crippen molar-refractivity contribution in [1.82, 2.24) is 10.2 Å². The van der Waals surface area contributed by atoms with Gasteiger partial charge in [0.1, 0.15) is 6.10 Å². The van der Waals surface area contributed by atoms with Gasteiger partial charge in [-0.15, -0.1) is 0 Å². The first-order valence-corrected chi connectivity index (χ1v) is 9.53. The second kappa shape index (κ2) is 7.03. The number of urea groups is 1. The van der Waals surface area contributed by atoms with Crippen LogP contribution in [0.15, 0.2) is 16.8 Å². The van der Waals surface area contributed by atoms with Crippen molar-refractivity contribution in [2.75, 3.05) is 25.4 Å². The molecule has 1 aromatic heterocycles. The molecule has 3 rings (SSSR count). The molecule has 2 aliphatic rings. The Kier molecular flexibility index (Phi) is 5.08. The number of hydrogen-bond acceptors (Lipinski definition) is 4. The van der Waals surface area contributed by atoms with E-state index in [9.17, 15) is 4.79 Å². The topological polar surface area (TPSA) is 41.6 Å². The number of thiophene rings is 1. The molecule has 0 spiro atoms. The van der Waals surface area contributed by atoms with Crippen LogP contribution in [-0.2, 0) is 4.74 Å². The SMILES string of the molecule is C[C@@H]1CN(C(=O)NC[C@H]2CCCS2)C[C@@H](c2ccsc2)O1. The van der Waals surface area contributed by atoms with Gasteiger partial charge >= 0.3 is 6.03 Å². The van der Waals surface area contributed by atoms with Crippen LogP contribution in [0.5, 0.6) is 0 Å². The Bertz CT molecular complexity index is 460. The van der Waals surface area contributed by atoms with Gasteiger partial charge in [-0.1, -0.05) is 0 Å². The third-order valence-corrected chi connectivity index (χ3v) is 6.07. The second-order valence-corrected chi connectivity index (χ2v) is 7.91. The number of ether oxygens (including phenoxy) is 1. The standard InChI is InChI=1S/C15H22N2O2S2/c1-11-8-17(9-14(19-11)12-4-6-20-10-12)15(18)16-7-13-3-2-5-21-13/h4,6,10-11,13-14H,2-3,5,7-9H2,1H3,(H,16,18)/t11-,13-,14+/m1/s1. The lowest BCUT2D eigenvalue weighted by Gasteiger charge is -2.36. The van der Waals surface area contributed by atoms with E-state index in [1.807, 2.05) is 23.6 Å². The van der Waals surface area contributed by atoms with Crippen molar-refractivity contribution in [2.24, 2.45) is 0 Å². The Labute approximate surface area is 134 Å². The van der Waals surface area contributed by atoms with Crippen molar-refractivity contribution in [3.05, 3.63) is 22.4 Å². The van der Waals surface area contributed by atoms with Crippen molar-refractivity contribution in [3.8, 4) is 0 Å².